The monoisotopic (exact) mass is 358 g/mol. The van der Waals surface area contributed by atoms with E-state index >= 15 is 0 Å². The van der Waals surface area contributed by atoms with Crippen LogP contribution in [-0.2, 0) is 11.4 Å². The second-order valence-electron chi connectivity index (χ2n) is 9.77. The minimum Gasteiger partial charge on any atom is -0.598 e. The summed E-state index contributed by atoms with van der Waals surface area (Å²) in [7, 11) is 0. The molecule has 2 fully saturated rings. The van der Waals surface area contributed by atoms with Gasteiger partial charge in [0.15, 0.2) is 0 Å². The van der Waals surface area contributed by atoms with E-state index in [0.717, 1.165) is 32.1 Å². The molecule has 0 aliphatic heterocycles. The summed E-state index contributed by atoms with van der Waals surface area (Å²) in [5, 5.41) is 9.82. The Balaban J connectivity index is 2.19. The van der Waals surface area contributed by atoms with Crippen molar-refractivity contribution in [3.63, 3.8) is 0 Å². The first-order valence-corrected chi connectivity index (χ1v) is 10.1. The lowest BCUT2D eigenvalue weighted by Gasteiger charge is -2.46. The maximum atomic E-state index is 12.5. The Morgan fingerprint density at radius 2 is 1.67 bits per heavy atom. The van der Waals surface area contributed by atoms with E-state index < -0.39 is 23.0 Å². The molecule has 1 amide bonds. The number of nitrogens with zero attached hydrogens (tertiary/aromatic N) is 1. The van der Waals surface area contributed by atoms with Crippen LogP contribution in [0.25, 0.3) is 0 Å². The minimum absolute atomic E-state index is 0.0554. The molecule has 140 valence electrons. The Morgan fingerprint density at radius 1 is 1.17 bits per heavy atom. The van der Waals surface area contributed by atoms with Crippen molar-refractivity contribution in [3.05, 3.63) is 0 Å². The molecule has 0 aromatic heterocycles. The number of hydrogen-bond acceptors (Lipinski definition) is 3. The summed E-state index contributed by atoms with van der Waals surface area (Å²) in [4.78, 5) is 13.7. The lowest BCUT2D eigenvalue weighted by Crippen LogP contribution is -2.57. The summed E-state index contributed by atoms with van der Waals surface area (Å²) < 4.78 is 15.5. The largest absolute Gasteiger partial charge is 0.598 e. The second kappa shape index (κ2) is 6.06. The van der Waals surface area contributed by atoms with Crippen LogP contribution in [0.15, 0.2) is 0 Å². The Bertz CT molecular complexity index is 487. The normalized spacial score (nSPS) is 32.7. The molecule has 2 N–H and O–H groups in total. The SMILES string of the molecule is CC(N[S@@+]([O-])C(C)(C)C)C12CCC(N(C(=O)O)C(C)(C)C)(CC1)C2. The van der Waals surface area contributed by atoms with Crippen molar-refractivity contribution in [1.82, 2.24) is 9.62 Å². The van der Waals surface area contributed by atoms with E-state index in [4.69, 9.17) is 0 Å². The van der Waals surface area contributed by atoms with E-state index in [1.165, 1.54) is 0 Å². The Morgan fingerprint density at radius 3 is 2.04 bits per heavy atom. The molecule has 0 aromatic rings. The zero-order chi connectivity index (χ0) is 18.6. The summed E-state index contributed by atoms with van der Waals surface area (Å²) in [6, 6.07) is 0.123. The molecule has 0 saturated heterocycles. The second-order valence-corrected chi connectivity index (χ2v) is 11.8. The number of hydrogen-bond donors (Lipinski definition) is 2. The molecule has 1 unspecified atom stereocenters. The van der Waals surface area contributed by atoms with Gasteiger partial charge in [0.05, 0.1) is 6.04 Å². The van der Waals surface area contributed by atoms with Gasteiger partial charge in [-0.25, -0.2) is 4.79 Å². The van der Waals surface area contributed by atoms with Gasteiger partial charge in [-0.3, -0.25) is 4.90 Å². The first-order chi connectivity index (χ1) is 10.7. The van der Waals surface area contributed by atoms with Crippen LogP contribution in [0.3, 0.4) is 0 Å². The van der Waals surface area contributed by atoms with E-state index in [2.05, 4.69) is 11.6 Å². The molecule has 2 aliphatic carbocycles. The van der Waals surface area contributed by atoms with Crippen LogP contribution in [0.1, 0.15) is 80.6 Å². The number of amides is 1. The van der Waals surface area contributed by atoms with Gasteiger partial charge in [0.25, 0.3) is 0 Å². The van der Waals surface area contributed by atoms with E-state index in [1.54, 1.807) is 4.90 Å². The van der Waals surface area contributed by atoms with Crippen molar-refractivity contribution in [3.8, 4) is 0 Å². The highest BCUT2D eigenvalue weighted by atomic mass is 32.2. The zero-order valence-electron chi connectivity index (χ0n) is 16.2. The molecule has 24 heavy (non-hydrogen) atoms. The van der Waals surface area contributed by atoms with Crippen molar-refractivity contribution >= 4 is 17.5 Å². The van der Waals surface area contributed by atoms with Crippen LogP contribution >= 0.6 is 0 Å². The van der Waals surface area contributed by atoms with Gasteiger partial charge in [-0.15, -0.1) is 4.72 Å². The topological polar surface area (TPSA) is 75.6 Å². The molecule has 0 aromatic carbocycles. The summed E-state index contributed by atoms with van der Waals surface area (Å²) in [6.07, 6.45) is 3.87. The van der Waals surface area contributed by atoms with Crippen molar-refractivity contribution in [2.75, 3.05) is 0 Å². The highest BCUT2D eigenvalue weighted by molar-refractivity contribution is 7.90. The summed E-state index contributed by atoms with van der Waals surface area (Å²) >= 11 is -1.10. The smallest absolute Gasteiger partial charge is 0.408 e. The highest BCUT2D eigenvalue weighted by Gasteiger charge is 2.62. The number of carbonyl (C=O) groups is 1. The fourth-order valence-electron chi connectivity index (χ4n) is 4.77. The van der Waals surface area contributed by atoms with Crippen molar-refractivity contribution in [2.24, 2.45) is 5.41 Å². The number of fused-ring (bicyclic) bond motifs is 2. The van der Waals surface area contributed by atoms with Gasteiger partial charge in [-0.2, -0.15) is 0 Å². The third-order valence-corrected chi connectivity index (χ3v) is 7.63. The zero-order valence-corrected chi connectivity index (χ0v) is 17.0. The standard InChI is InChI=1S/C18H34N2O3S/c1-13(19-24(23)16(5,6)7)17-8-10-18(12-17,11-9-17)20(14(21)22)15(2,3)4/h13,19H,8-12H2,1-7H3,(H,21,22)/t13?,17?,18?,24-/m0/s1. The third-order valence-electron chi connectivity index (χ3n) is 5.95. The molecule has 2 bridgehead atoms. The van der Waals surface area contributed by atoms with Gasteiger partial charge in [0.2, 0.25) is 0 Å². The van der Waals surface area contributed by atoms with Gasteiger partial charge in [0, 0.05) is 22.4 Å². The average Bonchev–Trinajstić information content (AvgIpc) is 2.92. The molecular formula is C18H34N2O3S. The predicted octanol–water partition coefficient (Wildman–Crippen LogP) is 3.91. The van der Waals surface area contributed by atoms with E-state index in [-0.39, 0.29) is 21.7 Å². The van der Waals surface area contributed by atoms with Crippen molar-refractivity contribution in [1.29, 1.82) is 0 Å². The molecule has 0 spiro atoms. The van der Waals surface area contributed by atoms with Crippen LogP contribution in [0.5, 0.6) is 0 Å². The number of rotatable bonds is 4. The Hall–Kier alpha value is -0.460. The molecule has 0 radical (unpaired) electrons. The lowest BCUT2D eigenvalue weighted by molar-refractivity contribution is 0.0200. The van der Waals surface area contributed by atoms with Gasteiger partial charge >= 0.3 is 6.09 Å². The maximum absolute atomic E-state index is 12.5. The van der Waals surface area contributed by atoms with Gasteiger partial charge in [-0.05, 0) is 86.0 Å². The van der Waals surface area contributed by atoms with E-state index in [0.29, 0.717) is 0 Å². The quantitative estimate of drug-likeness (QED) is 0.747. The predicted molar refractivity (Wildman–Crippen MR) is 98.4 cm³/mol. The molecule has 5 nitrogen and oxygen atoms in total. The first-order valence-electron chi connectivity index (χ1n) is 8.95. The third kappa shape index (κ3) is 3.42. The number of carboxylic acid groups (broad SMARTS) is 1. The van der Waals surface area contributed by atoms with Crippen molar-refractivity contribution < 1.29 is 14.5 Å². The molecule has 0 heterocycles. The molecular weight excluding hydrogens is 324 g/mol. The van der Waals surface area contributed by atoms with Crippen LogP contribution in [0.4, 0.5) is 4.79 Å². The van der Waals surface area contributed by atoms with Crippen LogP contribution in [0, 0.1) is 5.41 Å². The van der Waals surface area contributed by atoms with E-state index in [9.17, 15) is 14.5 Å². The Kier molecular flexibility index (Phi) is 5.01. The molecule has 2 rings (SSSR count). The fourth-order valence-corrected chi connectivity index (χ4v) is 5.70. The van der Waals surface area contributed by atoms with Crippen LogP contribution in [-0.4, -0.2) is 42.5 Å². The molecule has 2 saturated carbocycles. The number of nitrogens with one attached hydrogen (secondary N) is 1. The Labute approximate surface area is 149 Å². The van der Waals surface area contributed by atoms with Gasteiger partial charge in [0.1, 0.15) is 4.75 Å². The van der Waals surface area contributed by atoms with E-state index in [1.807, 2.05) is 41.5 Å². The van der Waals surface area contributed by atoms with Gasteiger partial charge in [-0.1, -0.05) is 0 Å². The lowest BCUT2D eigenvalue weighted by atomic mass is 9.78. The summed E-state index contributed by atoms with van der Waals surface area (Å²) in [6.45, 7) is 14.0. The van der Waals surface area contributed by atoms with Crippen LogP contribution in [0.2, 0.25) is 0 Å². The maximum Gasteiger partial charge on any atom is 0.408 e. The first kappa shape index (κ1) is 19.9. The van der Waals surface area contributed by atoms with Crippen LogP contribution < -0.4 is 4.72 Å². The summed E-state index contributed by atoms with van der Waals surface area (Å²) in [5.41, 5.74) is -0.611. The van der Waals surface area contributed by atoms with Gasteiger partial charge < -0.3 is 9.66 Å². The fraction of sp³-hybridized carbons (Fsp3) is 0.944. The van der Waals surface area contributed by atoms with Crippen molar-refractivity contribution in [2.45, 2.75) is 102 Å². The minimum atomic E-state index is -1.10. The molecule has 2 aliphatic rings. The molecule has 2 atom stereocenters. The summed E-state index contributed by atoms with van der Waals surface area (Å²) in [5.74, 6) is 0. The highest BCUT2D eigenvalue weighted by Crippen LogP contribution is 2.61. The average molecular weight is 359 g/mol. The molecule has 6 heteroatoms.